The first-order valence-corrected chi connectivity index (χ1v) is 14.0. The van der Waals surface area contributed by atoms with E-state index in [0.29, 0.717) is 17.8 Å². The molecule has 0 saturated carbocycles. The number of likely N-dealkylation sites (tertiary alicyclic amines) is 1. The summed E-state index contributed by atoms with van der Waals surface area (Å²) in [5.74, 6) is 1.29. The fraction of sp³-hybridized carbons (Fsp3) is 0.519. The molecular weight excluding hydrogens is 519 g/mol. The van der Waals surface area contributed by atoms with Crippen molar-refractivity contribution < 1.29 is 13.2 Å². The maximum absolute atomic E-state index is 13.7. The number of rotatable bonds is 10. The van der Waals surface area contributed by atoms with Gasteiger partial charge in [-0.3, -0.25) is 4.98 Å². The Labute approximate surface area is 227 Å². The molecule has 202 valence electrons. The zero-order valence-corrected chi connectivity index (χ0v) is 23.2. The number of aromatic nitrogens is 1. The maximum atomic E-state index is 13.7. The zero-order valence-electron chi connectivity index (χ0n) is 21.6. The van der Waals surface area contributed by atoms with Crippen molar-refractivity contribution in [2.24, 2.45) is 16.1 Å². The lowest BCUT2D eigenvalue weighted by molar-refractivity contribution is 0.224. The third kappa shape index (κ3) is 9.61. The van der Waals surface area contributed by atoms with Gasteiger partial charge in [-0.05, 0) is 87.1 Å². The SMILES string of the molecule is CC(C)C.Fc1ccc(N(Cc2ccc(C3=NN=C(C(F)F)C3)cn2)SCCCN2CCCC2)cc1Cl. The van der Waals surface area contributed by atoms with Crippen LogP contribution in [-0.2, 0) is 6.54 Å². The van der Waals surface area contributed by atoms with Crippen LogP contribution in [0.15, 0.2) is 46.7 Å². The van der Waals surface area contributed by atoms with E-state index in [1.165, 1.54) is 32.0 Å². The van der Waals surface area contributed by atoms with Gasteiger partial charge in [-0.15, -0.1) is 0 Å². The highest BCUT2D eigenvalue weighted by atomic mass is 35.5. The minimum atomic E-state index is -2.60. The summed E-state index contributed by atoms with van der Waals surface area (Å²) in [6.45, 7) is 10.4. The lowest BCUT2D eigenvalue weighted by Crippen LogP contribution is -2.22. The van der Waals surface area contributed by atoms with Gasteiger partial charge in [-0.25, -0.2) is 13.2 Å². The minimum Gasteiger partial charge on any atom is -0.310 e. The zero-order chi connectivity index (χ0) is 26.8. The van der Waals surface area contributed by atoms with E-state index in [4.69, 9.17) is 11.6 Å². The summed E-state index contributed by atoms with van der Waals surface area (Å²) in [5, 5.41) is 7.50. The van der Waals surface area contributed by atoms with Gasteiger partial charge in [0, 0.05) is 29.6 Å². The Hall–Kier alpha value is -2.10. The standard InChI is InChI=1S/C23H25ClF3N5S.C4H10/c24-19-12-18(6-7-20(19)25)32(33-11-3-10-31-8-1-2-9-31)15-17-5-4-16(14-28-17)21-13-22(23(26)27)30-29-21;1-4(2)3/h4-7,12,14,23H,1-3,8-11,13,15H2;4H,1-3H3. The first-order valence-electron chi connectivity index (χ1n) is 12.7. The molecule has 2 aromatic rings. The molecule has 37 heavy (non-hydrogen) atoms. The van der Waals surface area contributed by atoms with Gasteiger partial charge in [0.25, 0.3) is 6.43 Å². The number of hydrogen-bond acceptors (Lipinski definition) is 6. The Kier molecular flexibility index (Phi) is 11.7. The average molecular weight is 554 g/mol. The molecule has 4 rings (SSSR count). The summed E-state index contributed by atoms with van der Waals surface area (Å²) in [6, 6.07) is 8.36. The number of nitrogens with zero attached hydrogens (tertiary/aromatic N) is 5. The van der Waals surface area contributed by atoms with Gasteiger partial charge in [0.2, 0.25) is 0 Å². The van der Waals surface area contributed by atoms with Gasteiger partial charge >= 0.3 is 0 Å². The van der Waals surface area contributed by atoms with E-state index in [0.717, 1.165) is 36.0 Å². The third-order valence-corrected chi connectivity index (χ3v) is 7.03. The van der Waals surface area contributed by atoms with E-state index in [-0.39, 0.29) is 17.2 Å². The van der Waals surface area contributed by atoms with Crippen molar-refractivity contribution in [3.63, 3.8) is 0 Å². The first kappa shape index (κ1) is 29.5. The number of halogens is 4. The van der Waals surface area contributed by atoms with Crippen molar-refractivity contribution in [1.29, 1.82) is 0 Å². The van der Waals surface area contributed by atoms with Crippen LogP contribution < -0.4 is 4.31 Å². The van der Waals surface area contributed by atoms with Gasteiger partial charge in [-0.1, -0.05) is 32.4 Å². The normalized spacial score (nSPS) is 15.6. The Morgan fingerprint density at radius 2 is 1.81 bits per heavy atom. The molecule has 2 aliphatic heterocycles. The van der Waals surface area contributed by atoms with E-state index in [2.05, 4.69) is 45.2 Å². The van der Waals surface area contributed by atoms with Gasteiger partial charge in [0.05, 0.1) is 23.0 Å². The quantitative estimate of drug-likeness (QED) is 0.226. The molecule has 3 heterocycles. The Balaban J connectivity index is 0.000000886. The molecule has 0 aliphatic carbocycles. The largest absolute Gasteiger partial charge is 0.310 e. The van der Waals surface area contributed by atoms with Crippen LogP contribution in [0, 0.1) is 11.7 Å². The van der Waals surface area contributed by atoms with Crippen LogP contribution in [-0.4, -0.2) is 53.1 Å². The summed E-state index contributed by atoms with van der Waals surface area (Å²) >= 11 is 7.69. The second-order valence-electron chi connectivity index (χ2n) is 9.76. The summed E-state index contributed by atoms with van der Waals surface area (Å²) < 4.78 is 41.4. The van der Waals surface area contributed by atoms with Crippen molar-refractivity contribution in [2.45, 2.75) is 59.4 Å². The third-order valence-electron chi connectivity index (χ3n) is 5.62. The van der Waals surface area contributed by atoms with Crippen LogP contribution in [0.4, 0.5) is 18.9 Å². The molecule has 0 radical (unpaired) electrons. The Morgan fingerprint density at radius 3 is 2.41 bits per heavy atom. The lowest BCUT2D eigenvalue weighted by Gasteiger charge is -2.24. The minimum absolute atomic E-state index is 0.0335. The lowest BCUT2D eigenvalue weighted by atomic mass is 10.1. The smallest absolute Gasteiger partial charge is 0.278 e. The van der Waals surface area contributed by atoms with Gasteiger partial charge in [0.1, 0.15) is 11.5 Å². The predicted molar refractivity (Wildman–Crippen MR) is 150 cm³/mol. The van der Waals surface area contributed by atoms with Crippen molar-refractivity contribution >= 4 is 40.7 Å². The number of hydrogen-bond donors (Lipinski definition) is 0. The summed E-state index contributed by atoms with van der Waals surface area (Å²) in [5.41, 5.74) is 2.53. The van der Waals surface area contributed by atoms with Crippen molar-refractivity contribution in [3.8, 4) is 0 Å². The average Bonchev–Trinajstić information content (AvgIpc) is 3.56. The van der Waals surface area contributed by atoms with E-state index in [9.17, 15) is 13.2 Å². The van der Waals surface area contributed by atoms with Crippen LogP contribution in [0.1, 0.15) is 57.7 Å². The van der Waals surface area contributed by atoms with E-state index >= 15 is 0 Å². The maximum Gasteiger partial charge on any atom is 0.278 e. The second-order valence-corrected chi connectivity index (χ2v) is 11.3. The Bertz CT molecular complexity index is 1050. The molecule has 0 bridgehead atoms. The van der Waals surface area contributed by atoms with Gasteiger partial charge < -0.3 is 9.21 Å². The van der Waals surface area contributed by atoms with Crippen LogP contribution in [0.25, 0.3) is 0 Å². The van der Waals surface area contributed by atoms with Gasteiger partial charge in [-0.2, -0.15) is 10.2 Å². The predicted octanol–water partition coefficient (Wildman–Crippen LogP) is 7.49. The molecule has 1 aromatic carbocycles. The molecule has 0 amide bonds. The molecule has 0 atom stereocenters. The number of alkyl halides is 2. The summed E-state index contributed by atoms with van der Waals surface area (Å²) in [4.78, 5) is 6.98. The number of benzene rings is 1. The molecule has 5 nitrogen and oxygen atoms in total. The molecule has 0 spiro atoms. The molecular formula is C27H35ClF3N5S. The molecule has 0 unspecified atom stereocenters. The monoisotopic (exact) mass is 553 g/mol. The highest BCUT2D eigenvalue weighted by Gasteiger charge is 2.22. The highest BCUT2D eigenvalue weighted by Crippen LogP contribution is 2.29. The molecule has 1 fully saturated rings. The van der Waals surface area contributed by atoms with Crippen LogP contribution in [0.2, 0.25) is 5.02 Å². The van der Waals surface area contributed by atoms with E-state index in [1.807, 2.05) is 12.1 Å². The molecule has 10 heteroatoms. The van der Waals surface area contributed by atoms with E-state index < -0.39 is 12.2 Å². The van der Waals surface area contributed by atoms with Crippen molar-refractivity contribution in [1.82, 2.24) is 9.88 Å². The molecule has 1 aromatic heterocycles. The van der Waals surface area contributed by atoms with Crippen LogP contribution in [0.3, 0.4) is 0 Å². The number of anilines is 1. The first-order chi connectivity index (χ1) is 17.7. The molecule has 1 saturated heterocycles. The van der Waals surface area contributed by atoms with Gasteiger partial charge in [0.15, 0.2) is 0 Å². The topological polar surface area (TPSA) is 44.1 Å². The fourth-order valence-corrected chi connectivity index (χ4v) is 4.94. The molecule has 0 N–H and O–H groups in total. The van der Waals surface area contributed by atoms with Crippen molar-refractivity contribution in [2.75, 3.05) is 29.7 Å². The van der Waals surface area contributed by atoms with Crippen molar-refractivity contribution in [3.05, 3.63) is 58.6 Å². The molecule has 2 aliphatic rings. The summed E-state index contributed by atoms with van der Waals surface area (Å²) in [6.07, 6.45) is 2.66. The van der Waals surface area contributed by atoms with E-state index in [1.54, 1.807) is 30.3 Å². The Morgan fingerprint density at radius 1 is 1.08 bits per heavy atom. The highest BCUT2D eigenvalue weighted by molar-refractivity contribution is 8.00. The number of pyridine rings is 1. The summed E-state index contributed by atoms with van der Waals surface area (Å²) in [7, 11) is 0. The van der Waals surface area contributed by atoms with Crippen LogP contribution in [0.5, 0.6) is 0 Å². The second kappa shape index (κ2) is 14.7. The fourth-order valence-electron chi connectivity index (χ4n) is 3.80. The van der Waals surface area contributed by atoms with Crippen LogP contribution >= 0.6 is 23.5 Å².